The molecule has 6 heteroatoms. The molecule has 0 aliphatic carbocycles. The number of amides is 1. The molecule has 1 atom stereocenters. The fraction of sp³-hybridized carbons (Fsp3) is 0.250. The van der Waals surface area contributed by atoms with E-state index in [0.29, 0.717) is 11.5 Å². The Morgan fingerprint density at radius 2 is 2.09 bits per heavy atom. The molecule has 1 aliphatic rings. The molecule has 1 unspecified atom stereocenters. The summed E-state index contributed by atoms with van der Waals surface area (Å²) in [6.45, 7) is 0.737. The van der Waals surface area contributed by atoms with Gasteiger partial charge in [-0.2, -0.15) is 0 Å². The second kappa shape index (κ2) is 5.22. The normalized spacial score (nSPS) is 18.0. The summed E-state index contributed by atoms with van der Waals surface area (Å²) >= 11 is 0. The lowest BCUT2D eigenvalue weighted by Crippen LogP contribution is -2.31. The highest BCUT2D eigenvalue weighted by atomic mass is 16.2. The van der Waals surface area contributed by atoms with Crippen molar-refractivity contribution in [1.82, 2.24) is 24.3 Å². The Labute approximate surface area is 127 Å². The molecule has 1 amide bonds. The van der Waals surface area contributed by atoms with Crippen LogP contribution in [-0.2, 0) is 0 Å². The molecule has 22 heavy (non-hydrogen) atoms. The summed E-state index contributed by atoms with van der Waals surface area (Å²) in [5, 5.41) is 0. The molecule has 1 saturated heterocycles. The van der Waals surface area contributed by atoms with Crippen molar-refractivity contribution in [2.24, 2.45) is 0 Å². The van der Waals surface area contributed by atoms with Crippen LogP contribution in [-0.4, -0.2) is 36.7 Å². The highest BCUT2D eigenvalue weighted by Gasteiger charge is 2.32. The standard InChI is InChI=1S/C16H15N5O/c22-15(13-11-20-9-4-8-18-16(20)19-13)21-10-3-6-14(21)12-5-1-2-7-17-12/h1-2,4-5,7-9,11,14H,3,6,10H2. The average molecular weight is 293 g/mol. The first kappa shape index (κ1) is 12.9. The predicted molar refractivity (Wildman–Crippen MR) is 80.2 cm³/mol. The molecule has 4 rings (SSSR count). The van der Waals surface area contributed by atoms with E-state index in [2.05, 4.69) is 15.0 Å². The maximum Gasteiger partial charge on any atom is 0.274 e. The number of aromatic nitrogens is 4. The minimum Gasteiger partial charge on any atom is -0.329 e. The van der Waals surface area contributed by atoms with Gasteiger partial charge in [-0.3, -0.25) is 14.2 Å². The number of hydrogen-bond acceptors (Lipinski definition) is 4. The Balaban J connectivity index is 1.66. The van der Waals surface area contributed by atoms with Crippen molar-refractivity contribution in [3.05, 3.63) is 60.4 Å². The van der Waals surface area contributed by atoms with E-state index in [1.165, 1.54) is 0 Å². The van der Waals surface area contributed by atoms with E-state index in [9.17, 15) is 4.79 Å². The Morgan fingerprint density at radius 1 is 1.18 bits per heavy atom. The molecule has 3 aromatic heterocycles. The third-order valence-corrected chi connectivity index (χ3v) is 4.00. The van der Waals surface area contributed by atoms with Gasteiger partial charge < -0.3 is 4.90 Å². The Hall–Kier alpha value is -2.76. The summed E-state index contributed by atoms with van der Waals surface area (Å²) in [5.74, 6) is 0.484. The quantitative estimate of drug-likeness (QED) is 0.726. The number of hydrogen-bond donors (Lipinski definition) is 0. The number of likely N-dealkylation sites (tertiary alicyclic amines) is 1. The molecule has 4 heterocycles. The van der Waals surface area contributed by atoms with Crippen LogP contribution in [0.5, 0.6) is 0 Å². The summed E-state index contributed by atoms with van der Waals surface area (Å²) in [4.78, 5) is 27.5. The molecule has 0 aromatic carbocycles. The molecule has 0 bridgehead atoms. The lowest BCUT2D eigenvalue weighted by Gasteiger charge is -2.23. The number of carbonyl (C=O) groups excluding carboxylic acids is 1. The van der Waals surface area contributed by atoms with E-state index in [-0.39, 0.29) is 11.9 Å². The van der Waals surface area contributed by atoms with Crippen LogP contribution in [0.4, 0.5) is 0 Å². The van der Waals surface area contributed by atoms with Gasteiger partial charge in [0.1, 0.15) is 5.69 Å². The van der Waals surface area contributed by atoms with E-state index < -0.39 is 0 Å². The molecular formula is C16H15N5O. The maximum absolute atomic E-state index is 12.8. The lowest BCUT2D eigenvalue weighted by atomic mass is 10.1. The molecule has 110 valence electrons. The molecule has 0 saturated carbocycles. The molecule has 1 aliphatic heterocycles. The zero-order valence-electron chi connectivity index (χ0n) is 12.0. The van der Waals surface area contributed by atoms with Gasteiger partial charge in [-0.1, -0.05) is 6.07 Å². The van der Waals surface area contributed by atoms with Crippen LogP contribution in [0.3, 0.4) is 0 Å². The van der Waals surface area contributed by atoms with Gasteiger partial charge in [-0.15, -0.1) is 0 Å². The second-order valence-electron chi connectivity index (χ2n) is 5.36. The van der Waals surface area contributed by atoms with Gasteiger partial charge in [0.15, 0.2) is 0 Å². The van der Waals surface area contributed by atoms with Crippen molar-refractivity contribution < 1.29 is 4.79 Å². The van der Waals surface area contributed by atoms with Gasteiger partial charge in [0.2, 0.25) is 5.78 Å². The summed E-state index contributed by atoms with van der Waals surface area (Å²) in [6, 6.07) is 7.67. The SMILES string of the molecule is O=C(c1cn2cccnc2n1)N1CCCC1c1ccccn1. The van der Waals surface area contributed by atoms with Gasteiger partial charge in [0.05, 0.1) is 11.7 Å². The van der Waals surface area contributed by atoms with Crippen molar-refractivity contribution in [2.45, 2.75) is 18.9 Å². The zero-order chi connectivity index (χ0) is 14.9. The number of rotatable bonds is 2. The Kier molecular flexibility index (Phi) is 3.07. The smallest absolute Gasteiger partial charge is 0.274 e. The van der Waals surface area contributed by atoms with E-state index in [0.717, 1.165) is 25.1 Å². The van der Waals surface area contributed by atoms with Crippen LogP contribution in [0.15, 0.2) is 49.1 Å². The van der Waals surface area contributed by atoms with Crippen molar-refractivity contribution in [3.8, 4) is 0 Å². The maximum atomic E-state index is 12.8. The van der Waals surface area contributed by atoms with Gasteiger partial charge >= 0.3 is 0 Å². The Morgan fingerprint density at radius 3 is 2.91 bits per heavy atom. The van der Waals surface area contributed by atoms with Crippen LogP contribution >= 0.6 is 0 Å². The van der Waals surface area contributed by atoms with Gasteiger partial charge in [0, 0.05) is 31.3 Å². The number of carbonyl (C=O) groups is 1. The first-order valence-electron chi connectivity index (χ1n) is 7.34. The number of pyridine rings is 1. The third-order valence-electron chi connectivity index (χ3n) is 4.00. The van der Waals surface area contributed by atoms with E-state index in [4.69, 9.17) is 0 Å². The van der Waals surface area contributed by atoms with Crippen LogP contribution in [0.25, 0.3) is 5.78 Å². The highest BCUT2D eigenvalue weighted by molar-refractivity contribution is 5.93. The van der Waals surface area contributed by atoms with Crippen molar-refractivity contribution in [1.29, 1.82) is 0 Å². The topological polar surface area (TPSA) is 63.4 Å². The molecule has 1 fully saturated rings. The lowest BCUT2D eigenvalue weighted by molar-refractivity contribution is 0.0727. The van der Waals surface area contributed by atoms with Crippen molar-refractivity contribution >= 4 is 11.7 Å². The van der Waals surface area contributed by atoms with Crippen LogP contribution < -0.4 is 0 Å². The fourth-order valence-corrected chi connectivity index (χ4v) is 2.97. The van der Waals surface area contributed by atoms with E-state index >= 15 is 0 Å². The largest absolute Gasteiger partial charge is 0.329 e. The van der Waals surface area contributed by atoms with Crippen LogP contribution in [0.1, 0.15) is 35.1 Å². The Bertz CT molecular complexity index is 781. The first-order valence-corrected chi connectivity index (χ1v) is 7.34. The summed E-state index contributed by atoms with van der Waals surface area (Å²) in [5.41, 5.74) is 1.37. The molecule has 0 spiro atoms. The number of nitrogens with zero attached hydrogens (tertiary/aromatic N) is 5. The molecule has 0 radical (unpaired) electrons. The van der Waals surface area contributed by atoms with E-state index in [1.807, 2.05) is 35.4 Å². The van der Waals surface area contributed by atoms with Crippen LogP contribution in [0.2, 0.25) is 0 Å². The number of imidazole rings is 1. The third kappa shape index (κ3) is 2.13. The average Bonchev–Trinajstić information content (AvgIpc) is 3.21. The molecular weight excluding hydrogens is 278 g/mol. The minimum atomic E-state index is -0.0568. The number of fused-ring (bicyclic) bond motifs is 1. The predicted octanol–water partition coefficient (Wildman–Crippen LogP) is 2.10. The minimum absolute atomic E-state index is 0.0338. The van der Waals surface area contributed by atoms with Gasteiger partial charge in [-0.25, -0.2) is 9.97 Å². The monoisotopic (exact) mass is 293 g/mol. The summed E-state index contributed by atoms with van der Waals surface area (Å²) in [7, 11) is 0. The van der Waals surface area contributed by atoms with Crippen molar-refractivity contribution in [2.75, 3.05) is 6.54 Å². The summed E-state index contributed by atoms with van der Waals surface area (Å²) in [6.07, 6.45) is 8.94. The zero-order valence-corrected chi connectivity index (χ0v) is 12.0. The van der Waals surface area contributed by atoms with Gasteiger partial charge in [0.25, 0.3) is 5.91 Å². The summed E-state index contributed by atoms with van der Waals surface area (Å²) < 4.78 is 1.76. The molecule has 3 aromatic rings. The highest BCUT2D eigenvalue weighted by Crippen LogP contribution is 2.31. The first-order chi connectivity index (χ1) is 10.8. The molecule has 0 N–H and O–H groups in total. The second-order valence-corrected chi connectivity index (χ2v) is 5.36. The van der Waals surface area contributed by atoms with Crippen molar-refractivity contribution in [3.63, 3.8) is 0 Å². The van der Waals surface area contributed by atoms with Crippen LogP contribution in [0, 0.1) is 0 Å². The van der Waals surface area contributed by atoms with Gasteiger partial charge in [-0.05, 0) is 31.0 Å². The van der Waals surface area contributed by atoms with E-state index in [1.54, 1.807) is 23.0 Å². The fourth-order valence-electron chi connectivity index (χ4n) is 2.97. The molecule has 6 nitrogen and oxygen atoms in total.